The highest BCUT2D eigenvalue weighted by Gasteiger charge is 2.27. The lowest BCUT2D eigenvalue weighted by Gasteiger charge is -2.28. The van der Waals surface area contributed by atoms with E-state index < -0.39 is 0 Å². The second kappa shape index (κ2) is 10.0. The molecule has 0 saturated carbocycles. The molecule has 1 unspecified atom stereocenters. The Bertz CT molecular complexity index is 369. The van der Waals surface area contributed by atoms with E-state index in [0.29, 0.717) is 0 Å². The molecule has 0 N–H and O–H groups in total. The van der Waals surface area contributed by atoms with E-state index in [9.17, 15) is 0 Å². The maximum atomic E-state index is 4.66. The topological polar surface area (TPSA) is 17.8 Å². The Balaban J connectivity index is 2.52. The van der Waals surface area contributed by atoms with Gasteiger partial charge in [0.2, 0.25) is 0 Å². The molecule has 0 amide bonds. The SMILES string of the molecule is CCCCCCCC(C)(CCCCCC)c1cn(C)cn1. The molecule has 0 aliphatic heterocycles. The molecule has 0 spiro atoms. The Kier molecular flexibility index (Phi) is 8.72. The molecule has 2 heteroatoms. The van der Waals surface area contributed by atoms with Crippen LogP contribution in [0.3, 0.4) is 0 Å². The third-order valence-electron chi connectivity index (χ3n) is 4.74. The Morgan fingerprint density at radius 1 is 0.905 bits per heavy atom. The molecule has 1 heterocycles. The summed E-state index contributed by atoms with van der Waals surface area (Å²) < 4.78 is 2.09. The molecule has 1 aromatic heterocycles. The van der Waals surface area contributed by atoms with E-state index in [0.717, 1.165) is 0 Å². The van der Waals surface area contributed by atoms with Crippen molar-refractivity contribution in [3.63, 3.8) is 0 Å². The standard InChI is InChI=1S/C19H36N2/c1-5-7-9-11-13-15-19(3,14-12-10-8-6-2)18-16-21(4)17-20-18/h16-17H,5-15H2,1-4H3. The van der Waals surface area contributed by atoms with Crippen molar-refractivity contribution in [2.75, 3.05) is 0 Å². The van der Waals surface area contributed by atoms with Gasteiger partial charge in [0, 0.05) is 18.7 Å². The van der Waals surface area contributed by atoms with Crippen molar-refractivity contribution in [3.05, 3.63) is 18.2 Å². The van der Waals surface area contributed by atoms with Gasteiger partial charge in [0.1, 0.15) is 0 Å². The van der Waals surface area contributed by atoms with Crippen LogP contribution in [0.25, 0.3) is 0 Å². The van der Waals surface area contributed by atoms with E-state index in [2.05, 4.69) is 43.6 Å². The molecule has 0 fully saturated rings. The van der Waals surface area contributed by atoms with Gasteiger partial charge in [-0.3, -0.25) is 0 Å². The molecule has 21 heavy (non-hydrogen) atoms. The number of aromatic nitrogens is 2. The van der Waals surface area contributed by atoms with E-state index in [1.54, 1.807) is 0 Å². The second-order valence-electron chi connectivity index (χ2n) is 6.96. The minimum atomic E-state index is 0.279. The smallest absolute Gasteiger partial charge is 0.0947 e. The lowest BCUT2D eigenvalue weighted by Crippen LogP contribution is -2.22. The monoisotopic (exact) mass is 292 g/mol. The first-order chi connectivity index (χ1) is 10.1. The maximum Gasteiger partial charge on any atom is 0.0947 e. The van der Waals surface area contributed by atoms with Crippen LogP contribution in [0.15, 0.2) is 12.5 Å². The number of aryl methyl sites for hydroxylation is 1. The minimum Gasteiger partial charge on any atom is -0.340 e. The molecule has 122 valence electrons. The summed E-state index contributed by atoms with van der Waals surface area (Å²) in [7, 11) is 2.08. The van der Waals surface area contributed by atoms with Crippen LogP contribution < -0.4 is 0 Å². The fraction of sp³-hybridized carbons (Fsp3) is 0.842. The number of hydrogen-bond acceptors (Lipinski definition) is 1. The molecule has 0 aliphatic carbocycles. The molecular weight excluding hydrogens is 256 g/mol. The Morgan fingerprint density at radius 3 is 1.90 bits per heavy atom. The van der Waals surface area contributed by atoms with Crippen LogP contribution in [-0.4, -0.2) is 9.55 Å². The number of rotatable bonds is 12. The van der Waals surface area contributed by atoms with Crippen LogP contribution >= 0.6 is 0 Å². The largest absolute Gasteiger partial charge is 0.340 e. The number of imidazole rings is 1. The van der Waals surface area contributed by atoms with Crippen LogP contribution in [0, 0.1) is 0 Å². The van der Waals surface area contributed by atoms with Crippen molar-refractivity contribution < 1.29 is 0 Å². The highest BCUT2D eigenvalue weighted by atomic mass is 15.0. The van der Waals surface area contributed by atoms with E-state index in [-0.39, 0.29) is 5.41 Å². The van der Waals surface area contributed by atoms with Crippen LogP contribution in [0.5, 0.6) is 0 Å². The van der Waals surface area contributed by atoms with E-state index in [4.69, 9.17) is 0 Å². The molecular formula is C19H36N2. The summed E-state index contributed by atoms with van der Waals surface area (Å²) in [5, 5.41) is 0. The number of nitrogens with zero attached hydrogens (tertiary/aromatic N) is 2. The fourth-order valence-electron chi connectivity index (χ4n) is 3.17. The molecule has 0 aromatic carbocycles. The average molecular weight is 293 g/mol. The van der Waals surface area contributed by atoms with E-state index >= 15 is 0 Å². The molecule has 1 aromatic rings. The quantitative estimate of drug-likeness (QED) is 0.431. The number of unbranched alkanes of at least 4 members (excludes halogenated alkanes) is 7. The molecule has 0 aliphatic rings. The Labute approximate surface area is 132 Å². The van der Waals surface area contributed by atoms with Gasteiger partial charge in [-0.15, -0.1) is 0 Å². The summed E-state index contributed by atoms with van der Waals surface area (Å²) in [6.45, 7) is 7.00. The zero-order chi connectivity index (χ0) is 15.6. The van der Waals surface area contributed by atoms with E-state index in [1.165, 1.54) is 76.3 Å². The first-order valence-corrected chi connectivity index (χ1v) is 9.11. The van der Waals surface area contributed by atoms with Gasteiger partial charge < -0.3 is 4.57 Å². The van der Waals surface area contributed by atoms with Crippen LogP contribution in [0.4, 0.5) is 0 Å². The number of hydrogen-bond donors (Lipinski definition) is 0. The van der Waals surface area contributed by atoms with Gasteiger partial charge in [0.25, 0.3) is 0 Å². The van der Waals surface area contributed by atoms with Crippen molar-refractivity contribution in [1.82, 2.24) is 9.55 Å². The normalized spacial score (nSPS) is 14.3. The maximum absolute atomic E-state index is 4.66. The van der Waals surface area contributed by atoms with Gasteiger partial charge in [-0.25, -0.2) is 4.98 Å². The highest BCUT2D eigenvalue weighted by Crippen LogP contribution is 2.34. The van der Waals surface area contributed by atoms with Crippen molar-refractivity contribution >= 4 is 0 Å². The van der Waals surface area contributed by atoms with Gasteiger partial charge in [-0.05, 0) is 12.8 Å². The molecule has 2 nitrogen and oxygen atoms in total. The first-order valence-electron chi connectivity index (χ1n) is 9.11. The Morgan fingerprint density at radius 2 is 1.43 bits per heavy atom. The van der Waals surface area contributed by atoms with Gasteiger partial charge in [0.15, 0.2) is 0 Å². The zero-order valence-corrected chi connectivity index (χ0v) is 14.8. The van der Waals surface area contributed by atoms with Crippen LogP contribution in [-0.2, 0) is 12.5 Å². The molecule has 0 radical (unpaired) electrons. The van der Waals surface area contributed by atoms with E-state index in [1.807, 2.05) is 6.33 Å². The molecule has 1 atom stereocenters. The van der Waals surface area contributed by atoms with Crippen molar-refractivity contribution in [1.29, 1.82) is 0 Å². The van der Waals surface area contributed by atoms with Crippen LogP contribution in [0.2, 0.25) is 0 Å². The summed E-state index contributed by atoms with van der Waals surface area (Å²) in [5.41, 5.74) is 1.58. The van der Waals surface area contributed by atoms with Crippen molar-refractivity contribution in [3.8, 4) is 0 Å². The van der Waals surface area contributed by atoms with Crippen LogP contribution in [0.1, 0.15) is 97.1 Å². The first kappa shape index (κ1) is 18.3. The third-order valence-corrected chi connectivity index (χ3v) is 4.74. The van der Waals surface area contributed by atoms with Gasteiger partial charge >= 0.3 is 0 Å². The lowest BCUT2D eigenvalue weighted by molar-refractivity contribution is 0.356. The van der Waals surface area contributed by atoms with Gasteiger partial charge in [-0.1, -0.05) is 78.6 Å². The molecule has 1 rings (SSSR count). The summed E-state index contributed by atoms with van der Waals surface area (Å²) in [6, 6.07) is 0. The third kappa shape index (κ3) is 6.67. The minimum absolute atomic E-state index is 0.279. The fourth-order valence-corrected chi connectivity index (χ4v) is 3.17. The Hall–Kier alpha value is -0.790. The second-order valence-corrected chi connectivity index (χ2v) is 6.96. The predicted octanol–water partition coefficient (Wildman–Crippen LogP) is 6.01. The molecule has 0 bridgehead atoms. The van der Waals surface area contributed by atoms with Gasteiger partial charge in [-0.2, -0.15) is 0 Å². The lowest BCUT2D eigenvalue weighted by atomic mass is 9.77. The summed E-state index contributed by atoms with van der Waals surface area (Å²) in [4.78, 5) is 4.66. The van der Waals surface area contributed by atoms with Crippen molar-refractivity contribution in [2.45, 2.75) is 96.8 Å². The molecule has 0 saturated heterocycles. The highest BCUT2D eigenvalue weighted by molar-refractivity contribution is 5.12. The summed E-state index contributed by atoms with van der Waals surface area (Å²) in [6.07, 6.45) is 19.0. The predicted molar refractivity (Wildman–Crippen MR) is 92.7 cm³/mol. The zero-order valence-electron chi connectivity index (χ0n) is 14.8. The van der Waals surface area contributed by atoms with Crippen molar-refractivity contribution in [2.24, 2.45) is 7.05 Å². The summed E-state index contributed by atoms with van der Waals surface area (Å²) >= 11 is 0. The van der Waals surface area contributed by atoms with Gasteiger partial charge in [0.05, 0.1) is 12.0 Å². The summed E-state index contributed by atoms with van der Waals surface area (Å²) in [5.74, 6) is 0. The average Bonchev–Trinajstić information content (AvgIpc) is 2.91.